The molecular weight excluding hydrogens is 228 g/mol. The van der Waals surface area contributed by atoms with Gasteiger partial charge in [-0.3, -0.25) is 0 Å². The molecule has 0 spiro atoms. The molecule has 1 heterocycles. The third-order valence-electron chi connectivity index (χ3n) is 3.10. The zero-order valence-corrected chi connectivity index (χ0v) is 10.6. The summed E-state index contributed by atoms with van der Waals surface area (Å²) in [5.74, 6) is 0. The number of amides is 2. The van der Waals surface area contributed by atoms with Crippen LogP contribution >= 0.6 is 0 Å². The first-order valence-corrected chi connectivity index (χ1v) is 6.25. The lowest BCUT2D eigenvalue weighted by molar-refractivity contribution is 0.216. The first-order valence-electron chi connectivity index (χ1n) is 6.25. The molecule has 1 saturated heterocycles. The molecule has 1 atom stereocenters. The summed E-state index contributed by atoms with van der Waals surface area (Å²) in [6.07, 6.45) is 2.16. The fourth-order valence-electron chi connectivity index (χ4n) is 2.25. The molecule has 0 aromatic heterocycles. The Hall–Kier alpha value is -1.75. The van der Waals surface area contributed by atoms with E-state index in [0.29, 0.717) is 5.69 Å². The zero-order chi connectivity index (χ0) is 13.0. The van der Waals surface area contributed by atoms with E-state index in [2.05, 4.69) is 22.6 Å². The van der Waals surface area contributed by atoms with E-state index in [1.54, 1.807) is 12.1 Å². The Morgan fingerprint density at radius 2 is 2.33 bits per heavy atom. The molecule has 0 bridgehead atoms. The molecule has 5 nitrogen and oxygen atoms in total. The Morgan fingerprint density at radius 1 is 1.50 bits per heavy atom. The highest BCUT2D eigenvalue weighted by molar-refractivity contribution is 5.89. The summed E-state index contributed by atoms with van der Waals surface area (Å²) < 4.78 is 0. The van der Waals surface area contributed by atoms with Gasteiger partial charge in [-0.05, 0) is 44.6 Å². The van der Waals surface area contributed by atoms with Gasteiger partial charge in [0.05, 0.1) is 0 Å². The fraction of sp³-hybridized carbons (Fsp3) is 0.462. The number of likely N-dealkylation sites (tertiary alicyclic amines) is 1. The highest BCUT2D eigenvalue weighted by Gasteiger charge is 2.18. The van der Waals surface area contributed by atoms with Crippen molar-refractivity contribution in [2.75, 3.05) is 31.2 Å². The molecule has 1 aliphatic rings. The molecule has 18 heavy (non-hydrogen) atoms. The second kappa shape index (κ2) is 5.73. The maximum Gasteiger partial charge on any atom is 0.319 e. The van der Waals surface area contributed by atoms with Crippen molar-refractivity contribution in [2.45, 2.75) is 18.9 Å². The van der Waals surface area contributed by atoms with E-state index in [1.165, 1.54) is 0 Å². The molecule has 1 aromatic carbocycles. The Morgan fingerprint density at radius 3 is 3.06 bits per heavy atom. The number of nitrogen functional groups attached to an aromatic ring is 1. The normalized spacial score (nSPS) is 20.4. The van der Waals surface area contributed by atoms with Gasteiger partial charge in [-0.1, -0.05) is 6.07 Å². The SMILES string of the molecule is CN1CCCC(NC(=O)Nc2cccc(N)c2)C1. The number of carbonyl (C=O) groups excluding carboxylic acids is 1. The number of carbonyl (C=O) groups is 1. The van der Waals surface area contributed by atoms with E-state index in [4.69, 9.17) is 5.73 Å². The van der Waals surface area contributed by atoms with Crippen LogP contribution in [-0.2, 0) is 0 Å². The molecule has 1 fully saturated rings. The van der Waals surface area contributed by atoms with Gasteiger partial charge in [0.1, 0.15) is 0 Å². The van der Waals surface area contributed by atoms with Gasteiger partial charge in [-0.15, -0.1) is 0 Å². The quantitative estimate of drug-likeness (QED) is 0.694. The number of hydrogen-bond donors (Lipinski definition) is 3. The molecule has 2 amide bonds. The summed E-state index contributed by atoms with van der Waals surface area (Å²) in [4.78, 5) is 14.0. The van der Waals surface area contributed by atoms with E-state index in [1.807, 2.05) is 12.1 Å². The van der Waals surface area contributed by atoms with Gasteiger partial charge in [0, 0.05) is 24.0 Å². The number of likely N-dealkylation sites (N-methyl/N-ethyl adjacent to an activating group) is 1. The number of anilines is 2. The summed E-state index contributed by atoms with van der Waals surface area (Å²) in [6.45, 7) is 2.01. The number of piperidine rings is 1. The third-order valence-corrected chi connectivity index (χ3v) is 3.10. The molecular formula is C13H20N4O. The predicted octanol–water partition coefficient (Wildman–Crippen LogP) is 1.48. The van der Waals surface area contributed by atoms with Crippen LogP contribution in [0.5, 0.6) is 0 Å². The van der Waals surface area contributed by atoms with Crippen LogP contribution in [0.4, 0.5) is 16.2 Å². The molecule has 0 saturated carbocycles. The zero-order valence-electron chi connectivity index (χ0n) is 10.6. The van der Waals surface area contributed by atoms with Crippen molar-refractivity contribution in [3.05, 3.63) is 24.3 Å². The average Bonchev–Trinajstić information content (AvgIpc) is 2.28. The van der Waals surface area contributed by atoms with E-state index in [-0.39, 0.29) is 12.1 Å². The molecule has 2 rings (SSSR count). The lowest BCUT2D eigenvalue weighted by Gasteiger charge is -2.30. The van der Waals surface area contributed by atoms with Gasteiger partial charge in [0.15, 0.2) is 0 Å². The molecule has 98 valence electrons. The summed E-state index contributed by atoms with van der Waals surface area (Å²) in [5, 5.41) is 5.78. The minimum absolute atomic E-state index is 0.166. The predicted molar refractivity (Wildman–Crippen MR) is 73.5 cm³/mol. The van der Waals surface area contributed by atoms with E-state index < -0.39 is 0 Å². The molecule has 1 aromatic rings. The molecule has 5 heteroatoms. The minimum Gasteiger partial charge on any atom is -0.399 e. The fourth-order valence-corrected chi connectivity index (χ4v) is 2.25. The van der Waals surface area contributed by atoms with Crippen molar-refractivity contribution in [2.24, 2.45) is 0 Å². The largest absolute Gasteiger partial charge is 0.399 e. The van der Waals surface area contributed by atoms with Crippen molar-refractivity contribution < 1.29 is 4.79 Å². The maximum absolute atomic E-state index is 11.8. The number of rotatable bonds is 2. The van der Waals surface area contributed by atoms with Crippen molar-refractivity contribution in [1.29, 1.82) is 0 Å². The Kier molecular flexibility index (Phi) is 4.04. The standard InChI is InChI=1S/C13H20N4O/c1-17-7-3-6-12(9-17)16-13(18)15-11-5-2-4-10(14)8-11/h2,4-5,8,12H,3,6-7,9,14H2,1H3,(H2,15,16,18). The van der Waals surface area contributed by atoms with Gasteiger partial charge in [0.2, 0.25) is 0 Å². The average molecular weight is 248 g/mol. The van der Waals surface area contributed by atoms with Gasteiger partial charge < -0.3 is 21.3 Å². The Labute approximate surface area is 107 Å². The highest BCUT2D eigenvalue weighted by Crippen LogP contribution is 2.12. The number of nitrogens with zero attached hydrogens (tertiary/aromatic N) is 1. The number of urea groups is 1. The first kappa shape index (κ1) is 12.7. The van der Waals surface area contributed by atoms with Gasteiger partial charge >= 0.3 is 6.03 Å². The molecule has 4 N–H and O–H groups in total. The van der Waals surface area contributed by atoms with E-state index in [9.17, 15) is 4.79 Å². The van der Waals surface area contributed by atoms with Crippen LogP contribution in [0.25, 0.3) is 0 Å². The second-order valence-corrected chi connectivity index (χ2v) is 4.83. The van der Waals surface area contributed by atoms with Gasteiger partial charge in [-0.2, -0.15) is 0 Å². The summed E-state index contributed by atoms with van der Waals surface area (Å²) in [7, 11) is 2.07. The highest BCUT2D eigenvalue weighted by atomic mass is 16.2. The van der Waals surface area contributed by atoms with Crippen LogP contribution in [0.1, 0.15) is 12.8 Å². The number of hydrogen-bond acceptors (Lipinski definition) is 3. The van der Waals surface area contributed by atoms with Crippen LogP contribution < -0.4 is 16.4 Å². The van der Waals surface area contributed by atoms with Crippen molar-refractivity contribution in [1.82, 2.24) is 10.2 Å². The van der Waals surface area contributed by atoms with Crippen LogP contribution in [-0.4, -0.2) is 37.1 Å². The first-order chi connectivity index (χ1) is 8.63. The lowest BCUT2D eigenvalue weighted by Crippen LogP contribution is -2.47. The van der Waals surface area contributed by atoms with E-state index in [0.717, 1.165) is 31.6 Å². The minimum atomic E-state index is -0.166. The molecule has 0 radical (unpaired) electrons. The summed E-state index contributed by atoms with van der Waals surface area (Å²) in [5.41, 5.74) is 7.02. The van der Waals surface area contributed by atoms with Crippen LogP contribution in [0.15, 0.2) is 24.3 Å². The maximum atomic E-state index is 11.8. The topological polar surface area (TPSA) is 70.4 Å². The summed E-state index contributed by atoms with van der Waals surface area (Å²) in [6, 6.07) is 7.24. The molecule has 0 aliphatic carbocycles. The van der Waals surface area contributed by atoms with Crippen LogP contribution in [0, 0.1) is 0 Å². The molecule has 1 aliphatic heterocycles. The summed E-state index contributed by atoms with van der Waals surface area (Å²) >= 11 is 0. The third kappa shape index (κ3) is 3.63. The Balaban J connectivity index is 1.85. The smallest absolute Gasteiger partial charge is 0.319 e. The van der Waals surface area contributed by atoms with E-state index >= 15 is 0 Å². The number of nitrogens with two attached hydrogens (primary N) is 1. The van der Waals surface area contributed by atoms with Gasteiger partial charge in [0.25, 0.3) is 0 Å². The van der Waals surface area contributed by atoms with Crippen molar-refractivity contribution in [3.63, 3.8) is 0 Å². The van der Waals surface area contributed by atoms with Gasteiger partial charge in [-0.25, -0.2) is 4.79 Å². The lowest BCUT2D eigenvalue weighted by atomic mass is 10.1. The second-order valence-electron chi connectivity index (χ2n) is 4.83. The van der Waals surface area contributed by atoms with Crippen molar-refractivity contribution >= 4 is 17.4 Å². The monoisotopic (exact) mass is 248 g/mol. The number of benzene rings is 1. The number of nitrogens with one attached hydrogen (secondary N) is 2. The van der Waals surface area contributed by atoms with Crippen LogP contribution in [0.2, 0.25) is 0 Å². The Bertz CT molecular complexity index is 421. The van der Waals surface area contributed by atoms with Crippen LogP contribution in [0.3, 0.4) is 0 Å². The molecule has 1 unspecified atom stereocenters. The van der Waals surface area contributed by atoms with Crippen molar-refractivity contribution in [3.8, 4) is 0 Å².